The van der Waals surface area contributed by atoms with Crippen LogP contribution in [0.5, 0.6) is 0 Å². The monoisotopic (exact) mass is 243 g/mol. The van der Waals surface area contributed by atoms with Gasteiger partial charge in [-0.05, 0) is 12.8 Å². The van der Waals surface area contributed by atoms with Gasteiger partial charge in [-0.25, -0.2) is 4.98 Å². The summed E-state index contributed by atoms with van der Waals surface area (Å²) >= 11 is 1.21. The molecular weight excluding hydrogens is 230 g/mol. The van der Waals surface area contributed by atoms with Gasteiger partial charge in [0.15, 0.2) is 0 Å². The van der Waals surface area contributed by atoms with E-state index in [1.54, 1.807) is 0 Å². The smallest absolute Gasteiger partial charge is 0.322 e. The van der Waals surface area contributed by atoms with Gasteiger partial charge in [0.1, 0.15) is 12.4 Å². The van der Waals surface area contributed by atoms with Crippen LogP contribution in [0.1, 0.15) is 24.6 Å². The number of anilines is 1. The Morgan fingerprint density at radius 1 is 1.56 bits per heavy atom. The third kappa shape index (κ3) is 2.89. The van der Waals surface area contributed by atoms with Crippen LogP contribution in [-0.2, 0) is 9.53 Å². The number of aliphatic carboxylic acids is 1. The van der Waals surface area contributed by atoms with E-state index in [1.807, 2.05) is 0 Å². The minimum atomic E-state index is -0.900. The number of carboxylic acid groups (broad SMARTS) is 1. The fraction of sp³-hybridized carbons (Fsp3) is 0.667. The first kappa shape index (κ1) is 11.3. The minimum absolute atomic E-state index is 0.123. The van der Waals surface area contributed by atoms with Gasteiger partial charge in [0.25, 0.3) is 0 Å². The number of nitrogens with zero attached hydrogens (tertiary/aromatic N) is 2. The van der Waals surface area contributed by atoms with Crippen molar-refractivity contribution in [3.8, 4) is 0 Å². The molecule has 1 fully saturated rings. The standard InChI is InChI=1S/C9H13N3O3S/c13-7(14)5-10-9-11-8(12-16-9)6-1-3-15-4-2-6/h6H,1-5H2,(H,13,14)(H,10,11,12). The lowest BCUT2D eigenvalue weighted by molar-refractivity contribution is -0.134. The Morgan fingerprint density at radius 3 is 3.00 bits per heavy atom. The Kier molecular flexibility index (Phi) is 3.68. The van der Waals surface area contributed by atoms with Crippen molar-refractivity contribution in [3.63, 3.8) is 0 Å². The Balaban J connectivity index is 1.93. The fourth-order valence-electron chi connectivity index (χ4n) is 1.58. The van der Waals surface area contributed by atoms with Crippen LogP contribution in [0.4, 0.5) is 5.13 Å². The Morgan fingerprint density at radius 2 is 2.31 bits per heavy atom. The van der Waals surface area contributed by atoms with Crippen LogP contribution in [0.3, 0.4) is 0 Å². The molecule has 0 atom stereocenters. The van der Waals surface area contributed by atoms with Crippen molar-refractivity contribution in [3.05, 3.63) is 5.82 Å². The van der Waals surface area contributed by atoms with E-state index in [4.69, 9.17) is 9.84 Å². The highest BCUT2D eigenvalue weighted by molar-refractivity contribution is 7.09. The minimum Gasteiger partial charge on any atom is -0.480 e. The molecule has 1 aromatic rings. The topological polar surface area (TPSA) is 84.3 Å². The van der Waals surface area contributed by atoms with E-state index in [0.29, 0.717) is 11.0 Å². The fourth-order valence-corrected chi connectivity index (χ4v) is 2.22. The predicted molar refractivity (Wildman–Crippen MR) is 58.8 cm³/mol. The van der Waals surface area contributed by atoms with Gasteiger partial charge in [-0.1, -0.05) is 0 Å². The van der Waals surface area contributed by atoms with Crippen molar-refractivity contribution < 1.29 is 14.6 Å². The van der Waals surface area contributed by atoms with Crippen molar-refractivity contribution in [2.45, 2.75) is 18.8 Å². The molecule has 1 saturated heterocycles. The average Bonchev–Trinajstić information content (AvgIpc) is 2.76. The summed E-state index contributed by atoms with van der Waals surface area (Å²) in [5, 5.41) is 11.8. The summed E-state index contributed by atoms with van der Waals surface area (Å²) in [4.78, 5) is 14.6. The average molecular weight is 243 g/mol. The molecule has 0 aromatic carbocycles. The maximum atomic E-state index is 10.4. The molecule has 0 saturated carbocycles. The molecule has 7 heteroatoms. The largest absolute Gasteiger partial charge is 0.480 e. The van der Waals surface area contributed by atoms with E-state index in [9.17, 15) is 4.79 Å². The molecule has 6 nitrogen and oxygen atoms in total. The molecule has 1 aliphatic rings. The van der Waals surface area contributed by atoms with E-state index in [-0.39, 0.29) is 6.54 Å². The van der Waals surface area contributed by atoms with Crippen LogP contribution in [0.25, 0.3) is 0 Å². The normalized spacial score (nSPS) is 17.2. The molecule has 0 radical (unpaired) electrons. The predicted octanol–water partition coefficient (Wildman–Crippen LogP) is 0.929. The van der Waals surface area contributed by atoms with Crippen LogP contribution < -0.4 is 5.32 Å². The Bertz CT molecular complexity index is 363. The number of aromatic nitrogens is 2. The summed E-state index contributed by atoms with van der Waals surface area (Å²) in [6, 6.07) is 0. The lowest BCUT2D eigenvalue weighted by Crippen LogP contribution is -2.15. The van der Waals surface area contributed by atoms with Crippen LogP contribution in [0.15, 0.2) is 0 Å². The number of carboxylic acids is 1. The van der Waals surface area contributed by atoms with Crippen molar-refractivity contribution in [1.29, 1.82) is 0 Å². The summed E-state index contributed by atoms with van der Waals surface area (Å²) in [7, 11) is 0. The second kappa shape index (κ2) is 5.22. The third-order valence-electron chi connectivity index (χ3n) is 2.42. The van der Waals surface area contributed by atoms with E-state index in [0.717, 1.165) is 31.9 Å². The second-order valence-electron chi connectivity index (χ2n) is 3.59. The Labute approximate surface area is 96.8 Å². The number of nitrogens with one attached hydrogen (secondary N) is 1. The highest BCUT2D eigenvalue weighted by atomic mass is 32.1. The molecule has 2 heterocycles. The number of ether oxygens (including phenoxy) is 1. The second-order valence-corrected chi connectivity index (χ2v) is 4.34. The van der Waals surface area contributed by atoms with Crippen molar-refractivity contribution in [1.82, 2.24) is 9.36 Å². The summed E-state index contributed by atoms with van der Waals surface area (Å²) in [6.07, 6.45) is 1.88. The van der Waals surface area contributed by atoms with Crippen molar-refractivity contribution >= 4 is 22.6 Å². The number of rotatable bonds is 4. The first-order valence-electron chi connectivity index (χ1n) is 5.12. The molecule has 0 amide bonds. The Hall–Kier alpha value is -1.21. The van der Waals surface area contributed by atoms with Gasteiger partial charge in [-0.2, -0.15) is 4.37 Å². The van der Waals surface area contributed by atoms with Gasteiger partial charge in [0, 0.05) is 30.7 Å². The van der Waals surface area contributed by atoms with Gasteiger partial charge in [0.2, 0.25) is 5.13 Å². The quantitative estimate of drug-likeness (QED) is 0.818. The van der Waals surface area contributed by atoms with Crippen molar-refractivity contribution in [2.75, 3.05) is 25.1 Å². The molecule has 1 aliphatic heterocycles. The maximum absolute atomic E-state index is 10.4. The summed E-state index contributed by atoms with van der Waals surface area (Å²) < 4.78 is 9.50. The summed E-state index contributed by atoms with van der Waals surface area (Å²) in [5.41, 5.74) is 0. The highest BCUT2D eigenvalue weighted by Crippen LogP contribution is 2.26. The molecule has 1 aromatic heterocycles. The first-order chi connectivity index (χ1) is 7.75. The SMILES string of the molecule is O=C(O)CNc1nc(C2CCOCC2)ns1. The zero-order chi connectivity index (χ0) is 11.4. The van der Waals surface area contributed by atoms with Crippen LogP contribution in [0, 0.1) is 0 Å². The molecule has 16 heavy (non-hydrogen) atoms. The van der Waals surface area contributed by atoms with E-state index in [1.165, 1.54) is 11.5 Å². The highest BCUT2D eigenvalue weighted by Gasteiger charge is 2.20. The van der Waals surface area contributed by atoms with E-state index < -0.39 is 5.97 Å². The molecule has 0 spiro atoms. The van der Waals surface area contributed by atoms with Gasteiger partial charge >= 0.3 is 5.97 Å². The molecule has 0 bridgehead atoms. The number of hydrogen-bond donors (Lipinski definition) is 2. The number of carbonyl (C=O) groups is 1. The molecule has 0 aliphatic carbocycles. The third-order valence-corrected chi connectivity index (χ3v) is 3.11. The van der Waals surface area contributed by atoms with Crippen LogP contribution >= 0.6 is 11.5 Å². The van der Waals surface area contributed by atoms with Crippen LogP contribution in [-0.4, -0.2) is 40.2 Å². The maximum Gasteiger partial charge on any atom is 0.322 e. The van der Waals surface area contributed by atoms with E-state index >= 15 is 0 Å². The van der Waals surface area contributed by atoms with E-state index in [2.05, 4.69) is 14.7 Å². The molecular formula is C9H13N3O3S. The molecule has 2 rings (SSSR count). The number of hydrogen-bond acceptors (Lipinski definition) is 6. The molecule has 88 valence electrons. The lowest BCUT2D eigenvalue weighted by atomic mass is 10.00. The summed E-state index contributed by atoms with van der Waals surface area (Å²) in [6.45, 7) is 1.38. The van der Waals surface area contributed by atoms with Crippen LogP contribution in [0.2, 0.25) is 0 Å². The van der Waals surface area contributed by atoms with Gasteiger partial charge < -0.3 is 15.2 Å². The molecule has 2 N–H and O–H groups in total. The summed E-state index contributed by atoms with van der Waals surface area (Å²) in [5.74, 6) is 0.259. The van der Waals surface area contributed by atoms with Gasteiger partial charge in [0.05, 0.1) is 0 Å². The molecule has 0 unspecified atom stereocenters. The first-order valence-corrected chi connectivity index (χ1v) is 5.90. The van der Waals surface area contributed by atoms with Crippen molar-refractivity contribution in [2.24, 2.45) is 0 Å². The zero-order valence-electron chi connectivity index (χ0n) is 8.68. The van der Waals surface area contributed by atoms with Gasteiger partial charge in [-0.3, -0.25) is 4.79 Å². The van der Waals surface area contributed by atoms with Gasteiger partial charge in [-0.15, -0.1) is 0 Å². The zero-order valence-corrected chi connectivity index (χ0v) is 9.50. The lowest BCUT2D eigenvalue weighted by Gasteiger charge is -2.18.